The van der Waals surface area contributed by atoms with Crippen LogP contribution in [-0.2, 0) is 9.53 Å². The van der Waals surface area contributed by atoms with Gasteiger partial charge < -0.3 is 20.5 Å². The van der Waals surface area contributed by atoms with E-state index in [0.717, 1.165) is 6.42 Å². The molecular weight excluding hydrogens is 260 g/mol. The van der Waals surface area contributed by atoms with Crippen molar-refractivity contribution in [1.82, 2.24) is 10.6 Å². The molecule has 1 aliphatic rings. The molecule has 2 rings (SSSR count). The lowest BCUT2D eigenvalue weighted by Gasteiger charge is -2.12. The molecule has 6 nitrogen and oxygen atoms in total. The number of ether oxygens (including phenoxy) is 1. The van der Waals surface area contributed by atoms with Gasteiger partial charge in [-0.05, 0) is 12.0 Å². The summed E-state index contributed by atoms with van der Waals surface area (Å²) in [4.78, 5) is 22.4. The molecule has 0 aromatic heterocycles. The Hall–Kier alpha value is -2.08. The molecule has 0 bridgehead atoms. The van der Waals surface area contributed by atoms with E-state index in [2.05, 4.69) is 10.6 Å². The van der Waals surface area contributed by atoms with Crippen molar-refractivity contribution in [2.45, 2.75) is 24.5 Å². The van der Waals surface area contributed by atoms with Gasteiger partial charge in [0, 0.05) is 19.1 Å². The summed E-state index contributed by atoms with van der Waals surface area (Å²) in [6, 6.07) is 9.73. The zero-order valence-corrected chi connectivity index (χ0v) is 11.2. The molecule has 0 aliphatic heterocycles. The molecule has 3 unspecified atom stereocenters. The highest BCUT2D eigenvalue weighted by molar-refractivity contribution is 5.77. The second kappa shape index (κ2) is 6.38. The molecular formula is C14H18N2O4. The molecule has 1 aromatic carbocycles. The van der Waals surface area contributed by atoms with E-state index in [4.69, 9.17) is 9.84 Å². The van der Waals surface area contributed by atoms with Crippen molar-refractivity contribution in [3.63, 3.8) is 0 Å². The summed E-state index contributed by atoms with van der Waals surface area (Å²) in [5, 5.41) is 14.1. The van der Waals surface area contributed by atoms with E-state index < -0.39 is 12.1 Å². The Bertz CT molecular complexity index is 477. The van der Waals surface area contributed by atoms with E-state index in [9.17, 15) is 9.59 Å². The monoisotopic (exact) mass is 278 g/mol. The number of hydrogen-bond acceptors (Lipinski definition) is 3. The van der Waals surface area contributed by atoms with Crippen LogP contribution in [0.4, 0.5) is 4.79 Å². The molecule has 1 aliphatic carbocycles. The summed E-state index contributed by atoms with van der Waals surface area (Å²) in [5.74, 6) is -0.749. The molecule has 2 amide bonds. The summed E-state index contributed by atoms with van der Waals surface area (Å²) in [7, 11) is 1.30. The minimum absolute atomic E-state index is 0.0552. The molecule has 20 heavy (non-hydrogen) atoms. The second-order valence-electron chi connectivity index (χ2n) is 4.78. The molecule has 1 fully saturated rings. The highest BCUT2D eigenvalue weighted by Crippen LogP contribution is 2.40. The molecule has 6 heteroatoms. The Morgan fingerprint density at radius 1 is 1.40 bits per heavy atom. The van der Waals surface area contributed by atoms with Crippen molar-refractivity contribution in [3.05, 3.63) is 35.9 Å². The van der Waals surface area contributed by atoms with Crippen LogP contribution in [-0.4, -0.2) is 42.9 Å². The Kier molecular flexibility index (Phi) is 4.57. The summed E-state index contributed by atoms with van der Waals surface area (Å²) in [5.41, 5.74) is 1.21. The number of hydrogen-bond donors (Lipinski definition) is 3. The predicted molar refractivity (Wildman–Crippen MR) is 72.6 cm³/mol. The molecule has 3 N–H and O–H groups in total. The van der Waals surface area contributed by atoms with Gasteiger partial charge in [0.05, 0.1) is 6.54 Å². The Labute approximate surface area is 117 Å². The van der Waals surface area contributed by atoms with Crippen LogP contribution in [0.25, 0.3) is 0 Å². The average Bonchev–Trinajstić information content (AvgIpc) is 3.19. The standard InChI is InChI=1S/C14H18N2O4/c1-20-12(13(17)18)8-15-14(19)16-11-7-10(11)9-5-3-2-4-6-9/h2-6,10-12H,7-8H2,1H3,(H,17,18)(H2,15,16,19). The molecule has 108 valence electrons. The first-order valence-corrected chi connectivity index (χ1v) is 6.46. The predicted octanol–water partition coefficient (Wildman–Crippen LogP) is 0.941. The van der Waals surface area contributed by atoms with Crippen molar-refractivity contribution >= 4 is 12.0 Å². The number of carbonyl (C=O) groups excluding carboxylic acids is 1. The Morgan fingerprint density at radius 3 is 2.70 bits per heavy atom. The van der Waals surface area contributed by atoms with Gasteiger partial charge in [-0.2, -0.15) is 0 Å². The first-order chi connectivity index (χ1) is 9.61. The highest BCUT2D eigenvalue weighted by atomic mass is 16.5. The van der Waals surface area contributed by atoms with Crippen LogP contribution in [0.15, 0.2) is 30.3 Å². The van der Waals surface area contributed by atoms with E-state index in [-0.39, 0.29) is 18.6 Å². The summed E-state index contributed by atoms with van der Waals surface area (Å²) < 4.78 is 4.73. The number of amides is 2. The second-order valence-corrected chi connectivity index (χ2v) is 4.78. The van der Waals surface area contributed by atoms with Gasteiger partial charge in [0.1, 0.15) is 0 Å². The summed E-state index contributed by atoms with van der Waals surface area (Å²) in [6.07, 6.45) is -0.116. The van der Waals surface area contributed by atoms with Crippen LogP contribution >= 0.6 is 0 Å². The van der Waals surface area contributed by atoms with Crippen molar-refractivity contribution in [3.8, 4) is 0 Å². The molecule has 3 atom stereocenters. The minimum Gasteiger partial charge on any atom is -0.479 e. The van der Waals surface area contributed by atoms with E-state index in [1.165, 1.54) is 12.7 Å². The lowest BCUT2D eigenvalue weighted by Crippen LogP contribution is -2.43. The zero-order chi connectivity index (χ0) is 14.5. The van der Waals surface area contributed by atoms with E-state index in [1.807, 2.05) is 30.3 Å². The molecule has 0 spiro atoms. The number of urea groups is 1. The number of nitrogens with one attached hydrogen (secondary N) is 2. The zero-order valence-electron chi connectivity index (χ0n) is 11.2. The molecule has 0 radical (unpaired) electrons. The van der Waals surface area contributed by atoms with E-state index in [1.54, 1.807) is 0 Å². The third-order valence-electron chi connectivity index (χ3n) is 3.34. The lowest BCUT2D eigenvalue weighted by molar-refractivity contribution is -0.147. The van der Waals surface area contributed by atoms with Crippen molar-refractivity contribution < 1.29 is 19.4 Å². The Balaban J connectivity index is 1.73. The Morgan fingerprint density at radius 2 is 2.10 bits per heavy atom. The number of rotatable bonds is 6. The fraction of sp³-hybridized carbons (Fsp3) is 0.429. The van der Waals surface area contributed by atoms with Crippen LogP contribution in [0, 0.1) is 0 Å². The number of benzene rings is 1. The highest BCUT2D eigenvalue weighted by Gasteiger charge is 2.39. The van der Waals surface area contributed by atoms with Gasteiger partial charge >= 0.3 is 12.0 Å². The maximum absolute atomic E-state index is 11.6. The van der Waals surface area contributed by atoms with Gasteiger partial charge in [0.2, 0.25) is 0 Å². The number of carbonyl (C=O) groups is 2. The third kappa shape index (κ3) is 3.71. The maximum atomic E-state index is 11.6. The van der Waals surface area contributed by atoms with Crippen molar-refractivity contribution in [2.75, 3.05) is 13.7 Å². The van der Waals surface area contributed by atoms with Gasteiger partial charge in [-0.1, -0.05) is 30.3 Å². The van der Waals surface area contributed by atoms with Crippen molar-refractivity contribution in [2.24, 2.45) is 0 Å². The average molecular weight is 278 g/mol. The first-order valence-electron chi connectivity index (χ1n) is 6.46. The SMILES string of the molecule is COC(CNC(=O)NC1CC1c1ccccc1)C(=O)O. The van der Waals surface area contributed by atoms with Gasteiger partial charge in [0.15, 0.2) is 6.10 Å². The number of aliphatic carboxylic acids is 1. The summed E-state index contributed by atoms with van der Waals surface area (Å²) in [6.45, 7) is -0.0552. The van der Waals surface area contributed by atoms with E-state index in [0.29, 0.717) is 5.92 Å². The van der Waals surface area contributed by atoms with Crippen molar-refractivity contribution in [1.29, 1.82) is 0 Å². The van der Waals surface area contributed by atoms with Crippen LogP contribution < -0.4 is 10.6 Å². The smallest absolute Gasteiger partial charge is 0.334 e. The van der Waals surface area contributed by atoms with Gasteiger partial charge in [-0.15, -0.1) is 0 Å². The fourth-order valence-corrected chi connectivity index (χ4v) is 2.10. The first kappa shape index (κ1) is 14.3. The number of carboxylic acid groups (broad SMARTS) is 1. The molecule has 0 heterocycles. The van der Waals surface area contributed by atoms with Crippen LogP contribution in [0.3, 0.4) is 0 Å². The molecule has 1 aromatic rings. The quantitative estimate of drug-likeness (QED) is 0.722. The lowest BCUT2D eigenvalue weighted by atomic mass is 10.1. The topological polar surface area (TPSA) is 87.7 Å². The summed E-state index contributed by atoms with van der Waals surface area (Å²) >= 11 is 0. The van der Waals surface area contributed by atoms with Crippen LogP contribution in [0.5, 0.6) is 0 Å². The largest absolute Gasteiger partial charge is 0.479 e. The van der Waals surface area contributed by atoms with Gasteiger partial charge in [-0.3, -0.25) is 0 Å². The minimum atomic E-state index is -1.10. The normalized spacial score (nSPS) is 21.9. The third-order valence-corrected chi connectivity index (χ3v) is 3.34. The fourth-order valence-electron chi connectivity index (χ4n) is 2.10. The van der Waals surface area contributed by atoms with E-state index >= 15 is 0 Å². The maximum Gasteiger partial charge on any atom is 0.334 e. The number of carboxylic acids is 1. The van der Waals surface area contributed by atoms with Crippen LogP contribution in [0.1, 0.15) is 17.9 Å². The number of methoxy groups -OCH3 is 1. The molecule has 0 saturated heterocycles. The van der Waals surface area contributed by atoms with Crippen LogP contribution in [0.2, 0.25) is 0 Å². The molecule has 1 saturated carbocycles. The van der Waals surface area contributed by atoms with Gasteiger partial charge in [0.25, 0.3) is 0 Å². The van der Waals surface area contributed by atoms with Gasteiger partial charge in [-0.25, -0.2) is 9.59 Å².